The Kier molecular flexibility index (Phi) is 6.17. The molecular formula is C13H21Br2NS. The maximum atomic E-state index is 3.67. The summed E-state index contributed by atoms with van der Waals surface area (Å²) in [7, 11) is 0. The first-order valence-electron chi connectivity index (χ1n) is 6.01. The van der Waals surface area contributed by atoms with Gasteiger partial charge < -0.3 is 5.32 Å². The van der Waals surface area contributed by atoms with Crippen molar-refractivity contribution >= 4 is 43.2 Å². The third kappa shape index (κ3) is 5.41. The molecule has 4 heteroatoms. The second-order valence-electron chi connectivity index (χ2n) is 5.55. The van der Waals surface area contributed by atoms with Crippen LogP contribution in [0.3, 0.4) is 0 Å². The second kappa shape index (κ2) is 6.69. The van der Waals surface area contributed by atoms with Crippen molar-refractivity contribution < 1.29 is 0 Å². The van der Waals surface area contributed by atoms with Gasteiger partial charge in [0, 0.05) is 6.04 Å². The Morgan fingerprint density at radius 1 is 1.35 bits per heavy atom. The van der Waals surface area contributed by atoms with E-state index in [1.54, 1.807) is 11.3 Å². The van der Waals surface area contributed by atoms with Gasteiger partial charge in [0.15, 0.2) is 0 Å². The van der Waals surface area contributed by atoms with Crippen LogP contribution in [-0.2, 0) is 0 Å². The summed E-state index contributed by atoms with van der Waals surface area (Å²) >= 11 is 8.98. The van der Waals surface area contributed by atoms with Crippen LogP contribution in [0.15, 0.2) is 13.6 Å². The highest BCUT2D eigenvalue weighted by atomic mass is 79.9. The highest BCUT2D eigenvalue weighted by molar-refractivity contribution is 9.12. The summed E-state index contributed by atoms with van der Waals surface area (Å²) in [4.78, 5) is 0. The fraction of sp³-hybridized carbons (Fsp3) is 0.692. The molecule has 1 unspecified atom stereocenters. The van der Waals surface area contributed by atoms with Crippen molar-refractivity contribution in [3.63, 3.8) is 0 Å². The molecule has 0 fully saturated rings. The molecule has 0 aliphatic carbocycles. The Morgan fingerprint density at radius 2 is 2.00 bits per heavy atom. The van der Waals surface area contributed by atoms with E-state index < -0.39 is 0 Å². The van der Waals surface area contributed by atoms with Crippen molar-refractivity contribution in [3.8, 4) is 0 Å². The SMILES string of the molecule is CCCNC(CC(C)(C)C)c1cc(Br)sc1Br. The van der Waals surface area contributed by atoms with Gasteiger partial charge in [0.05, 0.1) is 7.57 Å². The number of halogens is 2. The minimum Gasteiger partial charge on any atom is -0.310 e. The quantitative estimate of drug-likeness (QED) is 0.683. The first kappa shape index (κ1) is 15.7. The van der Waals surface area contributed by atoms with E-state index in [1.165, 1.54) is 19.6 Å². The molecule has 1 nitrogen and oxygen atoms in total. The minimum absolute atomic E-state index is 0.333. The topological polar surface area (TPSA) is 12.0 Å². The van der Waals surface area contributed by atoms with Gasteiger partial charge in [-0.3, -0.25) is 0 Å². The fourth-order valence-electron chi connectivity index (χ4n) is 1.81. The Morgan fingerprint density at radius 3 is 2.41 bits per heavy atom. The van der Waals surface area contributed by atoms with Crippen LogP contribution in [0.2, 0.25) is 0 Å². The summed E-state index contributed by atoms with van der Waals surface area (Å²) in [5, 5.41) is 3.65. The van der Waals surface area contributed by atoms with Crippen molar-refractivity contribution in [2.75, 3.05) is 6.54 Å². The average Bonchev–Trinajstić information content (AvgIpc) is 2.50. The van der Waals surface area contributed by atoms with E-state index in [9.17, 15) is 0 Å². The van der Waals surface area contributed by atoms with Crippen LogP contribution in [0.5, 0.6) is 0 Å². The molecule has 0 aliphatic rings. The van der Waals surface area contributed by atoms with Gasteiger partial charge in [0.25, 0.3) is 0 Å². The lowest BCUT2D eigenvalue weighted by atomic mass is 9.86. The first-order valence-corrected chi connectivity index (χ1v) is 8.42. The molecule has 1 rings (SSSR count). The van der Waals surface area contributed by atoms with Gasteiger partial charge >= 0.3 is 0 Å². The maximum absolute atomic E-state index is 3.67. The van der Waals surface area contributed by atoms with E-state index in [0.29, 0.717) is 11.5 Å². The molecule has 1 atom stereocenters. The van der Waals surface area contributed by atoms with Gasteiger partial charge in [0.1, 0.15) is 0 Å². The van der Waals surface area contributed by atoms with Crippen LogP contribution in [0.25, 0.3) is 0 Å². The van der Waals surface area contributed by atoms with E-state index >= 15 is 0 Å². The number of hydrogen-bond acceptors (Lipinski definition) is 2. The predicted octanol–water partition coefficient (Wildman–Crippen LogP) is 5.75. The van der Waals surface area contributed by atoms with E-state index in [0.717, 1.165) is 13.0 Å². The molecule has 0 spiro atoms. The van der Waals surface area contributed by atoms with Crippen LogP contribution < -0.4 is 5.32 Å². The normalized spacial score (nSPS) is 14.0. The molecule has 0 aliphatic heterocycles. The second-order valence-corrected chi connectivity index (χ2v) is 9.30. The summed E-state index contributed by atoms with van der Waals surface area (Å²) in [6.45, 7) is 10.2. The van der Waals surface area contributed by atoms with E-state index in [-0.39, 0.29) is 0 Å². The summed E-state index contributed by atoms with van der Waals surface area (Å²) < 4.78 is 2.43. The molecule has 17 heavy (non-hydrogen) atoms. The van der Waals surface area contributed by atoms with Crippen molar-refractivity contribution in [2.24, 2.45) is 5.41 Å². The lowest BCUT2D eigenvalue weighted by molar-refractivity contribution is 0.311. The predicted molar refractivity (Wildman–Crippen MR) is 84.8 cm³/mol. The number of hydrogen-bond donors (Lipinski definition) is 1. The standard InChI is InChI=1S/C13H21Br2NS/c1-5-6-16-10(8-13(2,3)4)9-7-11(14)17-12(9)15/h7,10,16H,5-6,8H2,1-4H3. The van der Waals surface area contributed by atoms with Gasteiger partial charge in [-0.25, -0.2) is 0 Å². The third-order valence-electron chi connectivity index (χ3n) is 2.52. The summed E-state index contributed by atoms with van der Waals surface area (Å²) in [6.07, 6.45) is 2.32. The van der Waals surface area contributed by atoms with Crippen LogP contribution in [0.1, 0.15) is 52.1 Å². The highest BCUT2D eigenvalue weighted by Gasteiger charge is 2.22. The summed E-state index contributed by atoms with van der Waals surface area (Å²) in [6, 6.07) is 2.67. The molecule has 98 valence electrons. The van der Waals surface area contributed by atoms with E-state index in [4.69, 9.17) is 0 Å². The van der Waals surface area contributed by atoms with Crippen LogP contribution in [-0.4, -0.2) is 6.54 Å². The van der Waals surface area contributed by atoms with Gasteiger partial charge in [-0.1, -0.05) is 27.7 Å². The molecule has 0 saturated carbocycles. The Balaban J connectivity index is 2.85. The first-order chi connectivity index (χ1) is 7.83. The average molecular weight is 383 g/mol. The van der Waals surface area contributed by atoms with Crippen LogP contribution >= 0.6 is 43.2 Å². The molecular weight excluding hydrogens is 362 g/mol. The molecule has 0 radical (unpaired) electrons. The van der Waals surface area contributed by atoms with Crippen molar-refractivity contribution in [1.82, 2.24) is 5.32 Å². The fourth-order valence-corrected chi connectivity index (χ4v) is 4.79. The Labute approximate surface area is 126 Å². The Hall–Kier alpha value is 0.620. The van der Waals surface area contributed by atoms with Gasteiger partial charge in [0.2, 0.25) is 0 Å². The number of nitrogens with one attached hydrogen (secondary N) is 1. The van der Waals surface area contributed by atoms with E-state index in [2.05, 4.69) is 70.9 Å². The molecule has 0 amide bonds. The monoisotopic (exact) mass is 381 g/mol. The number of thiophene rings is 1. The largest absolute Gasteiger partial charge is 0.310 e. The summed E-state index contributed by atoms with van der Waals surface area (Å²) in [5.41, 5.74) is 1.71. The van der Waals surface area contributed by atoms with E-state index in [1.807, 2.05) is 0 Å². The molecule has 0 bridgehead atoms. The summed E-state index contributed by atoms with van der Waals surface area (Å²) in [5.74, 6) is 0. The van der Waals surface area contributed by atoms with Crippen molar-refractivity contribution in [3.05, 3.63) is 19.2 Å². The van der Waals surface area contributed by atoms with Crippen LogP contribution in [0.4, 0.5) is 0 Å². The van der Waals surface area contributed by atoms with Crippen molar-refractivity contribution in [2.45, 2.75) is 46.6 Å². The molecule has 1 aromatic heterocycles. The zero-order valence-electron chi connectivity index (χ0n) is 10.9. The molecule has 1 aromatic rings. The number of rotatable bonds is 5. The lowest BCUT2D eigenvalue weighted by Crippen LogP contribution is -2.26. The zero-order valence-corrected chi connectivity index (χ0v) is 14.9. The maximum Gasteiger partial charge on any atom is 0.0758 e. The third-order valence-corrected chi connectivity index (χ3v) is 4.90. The zero-order chi connectivity index (χ0) is 13.1. The van der Waals surface area contributed by atoms with Gasteiger partial charge in [-0.05, 0) is 68.3 Å². The Bertz CT molecular complexity index is 355. The van der Waals surface area contributed by atoms with Gasteiger partial charge in [-0.2, -0.15) is 0 Å². The molecule has 1 N–H and O–H groups in total. The highest BCUT2D eigenvalue weighted by Crippen LogP contribution is 2.39. The molecule has 0 saturated heterocycles. The minimum atomic E-state index is 0.333. The molecule has 0 aromatic carbocycles. The van der Waals surface area contributed by atoms with Crippen molar-refractivity contribution in [1.29, 1.82) is 0 Å². The smallest absolute Gasteiger partial charge is 0.0758 e. The van der Waals surface area contributed by atoms with Gasteiger partial charge in [-0.15, -0.1) is 11.3 Å². The molecule has 1 heterocycles. The lowest BCUT2D eigenvalue weighted by Gasteiger charge is -2.27. The van der Waals surface area contributed by atoms with Crippen LogP contribution in [0, 0.1) is 5.41 Å².